The van der Waals surface area contributed by atoms with Crippen LogP contribution in [0, 0.1) is 6.92 Å². The highest BCUT2D eigenvalue weighted by Gasteiger charge is 2.06. The first kappa shape index (κ1) is 15.3. The summed E-state index contributed by atoms with van der Waals surface area (Å²) >= 11 is 14.7. The van der Waals surface area contributed by atoms with Gasteiger partial charge in [-0.05, 0) is 37.3 Å². The van der Waals surface area contributed by atoms with Gasteiger partial charge in [0, 0.05) is 29.8 Å². The maximum Gasteiger partial charge on any atom is 0.171 e. The fraction of sp³-hybridized carbons (Fsp3) is 0.231. The molecule has 4 nitrogen and oxygen atoms in total. The van der Waals surface area contributed by atoms with Crippen LogP contribution in [0.5, 0.6) is 0 Å². The minimum absolute atomic E-state index is 0.525. The summed E-state index contributed by atoms with van der Waals surface area (Å²) in [6, 6.07) is 5.59. The molecule has 0 amide bonds. The molecule has 0 fully saturated rings. The predicted octanol–water partition coefficient (Wildman–Crippen LogP) is 3.63. The van der Waals surface area contributed by atoms with Crippen molar-refractivity contribution in [2.24, 2.45) is 7.05 Å². The van der Waals surface area contributed by atoms with Crippen LogP contribution in [-0.2, 0) is 13.6 Å². The van der Waals surface area contributed by atoms with Crippen molar-refractivity contribution in [2.45, 2.75) is 13.5 Å². The standard InChI is InChI=1S/C13H14BrClN4S/c1-8-9(7-19(2)18-8)6-16-13(20)17-12-4-3-10(14)5-11(12)15/h3-5,7H,6H2,1-2H3,(H2,16,17,20). The predicted molar refractivity (Wildman–Crippen MR) is 90.2 cm³/mol. The first-order chi connectivity index (χ1) is 9.45. The topological polar surface area (TPSA) is 41.9 Å². The van der Waals surface area contributed by atoms with Gasteiger partial charge in [0.15, 0.2) is 5.11 Å². The third-order valence-electron chi connectivity index (χ3n) is 2.73. The Kier molecular flexibility index (Phi) is 5.01. The Labute approximate surface area is 136 Å². The summed E-state index contributed by atoms with van der Waals surface area (Å²) in [5.41, 5.74) is 2.87. The zero-order valence-electron chi connectivity index (χ0n) is 11.1. The zero-order valence-corrected chi connectivity index (χ0v) is 14.2. The van der Waals surface area contributed by atoms with Crippen molar-refractivity contribution < 1.29 is 0 Å². The molecule has 1 heterocycles. The number of hydrogen-bond acceptors (Lipinski definition) is 2. The Morgan fingerprint density at radius 2 is 2.25 bits per heavy atom. The molecule has 0 atom stereocenters. The normalized spacial score (nSPS) is 10.4. The number of aromatic nitrogens is 2. The van der Waals surface area contributed by atoms with Gasteiger partial charge >= 0.3 is 0 Å². The highest BCUT2D eigenvalue weighted by Crippen LogP contribution is 2.25. The Balaban J connectivity index is 1.94. The van der Waals surface area contributed by atoms with Gasteiger partial charge in [-0.3, -0.25) is 4.68 Å². The monoisotopic (exact) mass is 372 g/mol. The maximum atomic E-state index is 6.13. The second-order valence-corrected chi connectivity index (χ2v) is 6.08. The first-order valence-corrected chi connectivity index (χ1v) is 7.52. The zero-order chi connectivity index (χ0) is 14.7. The van der Waals surface area contributed by atoms with Crippen molar-refractivity contribution in [1.82, 2.24) is 15.1 Å². The van der Waals surface area contributed by atoms with Crippen LogP contribution >= 0.6 is 39.7 Å². The lowest BCUT2D eigenvalue weighted by Crippen LogP contribution is -2.28. The van der Waals surface area contributed by atoms with E-state index in [1.807, 2.05) is 38.4 Å². The molecule has 1 aromatic heterocycles. The van der Waals surface area contributed by atoms with E-state index in [0.29, 0.717) is 16.7 Å². The third-order valence-corrected chi connectivity index (χ3v) is 3.79. The molecule has 0 unspecified atom stereocenters. The van der Waals surface area contributed by atoms with Gasteiger partial charge in [-0.15, -0.1) is 0 Å². The second-order valence-electron chi connectivity index (χ2n) is 4.35. The van der Waals surface area contributed by atoms with Crippen LogP contribution in [-0.4, -0.2) is 14.9 Å². The molecule has 0 saturated heterocycles. The number of nitrogens with one attached hydrogen (secondary N) is 2. The first-order valence-electron chi connectivity index (χ1n) is 5.94. The number of anilines is 1. The lowest BCUT2D eigenvalue weighted by molar-refractivity contribution is 0.756. The number of thiocarbonyl (C=S) groups is 1. The quantitative estimate of drug-likeness (QED) is 0.806. The molecule has 0 saturated carbocycles. The molecule has 2 aromatic rings. The third kappa shape index (κ3) is 3.94. The van der Waals surface area contributed by atoms with Crippen molar-refractivity contribution >= 4 is 50.5 Å². The van der Waals surface area contributed by atoms with Crippen molar-refractivity contribution in [3.8, 4) is 0 Å². The van der Waals surface area contributed by atoms with Crippen LogP contribution in [0.3, 0.4) is 0 Å². The summed E-state index contributed by atoms with van der Waals surface area (Å²) < 4.78 is 2.71. The van der Waals surface area contributed by atoms with Crippen LogP contribution in [0.25, 0.3) is 0 Å². The lowest BCUT2D eigenvalue weighted by atomic mass is 10.3. The molecule has 20 heavy (non-hydrogen) atoms. The molecule has 0 aliphatic rings. The molecule has 0 aliphatic carbocycles. The second kappa shape index (κ2) is 6.56. The maximum absolute atomic E-state index is 6.13. The largest absolute Gasteiger partial charge is 0.358 e. The van der Waals surface area contributed by atoms with Crippen LogP contribution in [0.15, 0.2) is 28.9 Å². The average molecular weight is 374 g/mol. The minimum Gasteiger partial charge on any atom is -0.358 e. The Bertz CT molecular complexity index is 641. The molecule has 0 spiro atoms. The summed E-state index contributed by atoms with van der Waals surface area (Å²) in [6.07, 6.45) is 1.97. The Hall–Kier alpha value is -1.11. The average Bonchev–Trinajstić information content (AvgIpc) is 2.69. The highest BCUT2D eigenvalue weighted by atomic mass is 79.9. The van der Waals surface area contributed by atoms with Crippen molar-refractivity contribution in [3.05, 3.63) is 45.1 Å². The van der Waals surface area contributed by atoms with Gasteiger partial charge in [0.25, 0.3) is 0 Å². The molecule has 0 bridgehead atoms. The lowest BCUT2D eigenvalue weighted by Gasteiger charge is -2.11. The Morgan fingerprint density at radius 3 is 2.85 bits per heavy atom. The van der Waals surface area contributed by atoms with E-state index in [-0.39, 0.29) is 0 Å². The summed E-state index contributed by atoms with van der Waals surface area (Å²) in [6.45, 7) is 2.60. The van der Waals surface area contributed by atoms with Gasteiger partial charge in [0.1, 0.15) is 0 Å². The smallest absolute Gasteiger partial charge is 0.171 e. The number of halogens is 2. The van der Waals surface area contributed by atoms with E-state index in [0.717, 1.165) is 21.4 Å². The molecule has 7 heteroatoms. The van der Waals surface area contributed by atoms with Gasteiger partial charge in [0.05, 0.1) is 16.4 Å². The molecular formula is C13H14BrClN4S. The molecular weight excluding hydrogens is 360 g/mol. The van der Waals surface area contributed by atoms with Gasteiger partial charge in [0.2, 0.25) is 0 Å². The van der Waals surface area contributed by atoms with E-state index in [1.54, 1.807) is 4.68 Å². The van der Waals surface area contributed by atoms with Crippen molar-refractivity contribution in [1.29, 1.82) is 0 Å². The summed E-state index contributed by atoms with van der Waals surface area (Å²) in [5, 5.41) is 11.6. The molecule has 0 radical (unpaired) electrons. The molecule has 2 N–H and O–H groups in total. The van der Waals surface area contributed by atoms with Gasteiger partial charge in [-0.25, -0.2) is 0 Å². The summed E-state index contributed by atoms with van der Waals surface area (Å²) in [4.78, 5) is 0. The molecule has 106 valence electrons. The van der Waals surface area contributed by atoms with Crippen LogP contribution in [0.1, 0.15) is 11.3 Å². The SMILES string of the molecule is Cc1nn(C)cc1CNC(=S)Nc1ccc(Br)cc1Cl. The van der Waals surface area contributed by atoms with E-state index in [4.69, 9.17) is 23.8 Å². The number of aryl methyl sites for hydroxylation is 2. The summed E-state index contributed by atoms with van der Waals surface area (Å²) in [5.74, 6) is 0. The number of nitrogens with zero attached hydrogens (tertiary/aromatic N) is 2. The van der Waals surface area contributed by atoms with Crippen LogP contribution in [0.4, 0.5) is 5.69 Å². The molecule has 0 aliphatic heterocycles. The van der Waals surface area contributed by atoms with Gasteiger partial charge in [-0.1, -0.05) is 27.5 Å². The Morgan fingerprint density at radius 1 is 1.50 bits per heavy atom. The highest BCUT2D eigenvalue weighted by molar-refractivity contribution is 9.10. The minimum atomic E-state index is 0.525. The van der Waals surface area contributed by atoms with Gasteiger partial charge in [-0.2, -0.15) is 5.10 Å². The molecule has 2 rings (SSSR count). The van der Waals surface area contributed by atoms with E-state index in [2.05, 4.69) is 31.7 Å². The van der Waals surface area contributed by atoms with E-state index >= 15 is 0 Å². The fourth-order valence-corrected chi connectivity index (χ4v) is 2.66. The van der Waals surface area contributed by atoms with E-state index < -0.39 is 0 Å². The van der Waals surface area contributed by atoms with Crippen LogP contribution < -0.4 is 10.6 Å². The summed E-state index contributed by atoms with van der Waals surface area (Å²) in [7, 11) is 1.90. The number of hydrogen-bond donors (Lipinski definition) is 2. The van der Waals surface area contributed by atoms with Crippen molar-refractivity contribution in [3.63, 3.8) is 0 Å². The number of rotatable bonds is 3. The van der Waals surface area contributed by atoms with E-state index in [9.17, 15) is 0 Å². The van der Waals surface area contributed by atoms with Gasteiger partial charge < -0.3 is 10.6 Å². The fourth-order valence-electron chi connectivity index (χ4n) is 1.76. The van der Waals surface area contributed by atoms with E-state index in [1.165, 1.54) is 0 Å². The number of benzene rings is 1. The molecule has 1 aromatic carbocycles. The van der Waals surface area contributed by atoms with Crippen molar-refractivity contribution in [2.75, 3.05) is 5.32 Å². The van der Waals surface area contributed by atoms with Crippen LogP contribution in [0.2, 0.25) is 5.02 Å².